The predicted octanol–water partition coefficient (Wildman–Crippen LogP) is 1.14. The normalized spacial score (nSPS) is 19.4. The zero-order chi connectivity index (χ0) is 7.72. The lowest BCUT2D eigenvalue weighted by molar-refractivity contribution is -0.115. The van der Waals surface area contributed by atoms with Gasteiger partial charge in [-0.2, -0.15) is 0 Å². The van der Waals surface area contributed by atoms with E-state index in [1.54, 1.807) is 0 Å². The van der Waals surface area contributed by atoms with Crippen LogP contribution in [-0.4, -0.2) is 5.78 Å². The maximum Gasteiger partial charge on any atom is 0.164 e. The summed E-state index contributed by atoms with van der Waals surface area (Å²) in [7, 11) is 0. The number of carbonyl (C=O) groups excluding carboxylic acids is 1. The molecule has 0 atom stereocenters. The fourth-order valence-corrected chi connectivity index (χ4v) is 0.950. The SMILES string of the molecule is CC1=CC(C)=C(N)CC1=O. The lowest BCUT2D eigenvalue weighted by Gasteiger charge is -2.10. The highest BCUT2D eigenvalue weighted by Crippen LogP contribution is 2.16. The third kappa shape index (κ3) is 1.10. The number of carbonyl (C=O) groups is 1. The first-order chi connectivity index (χ1) is 4.61. The summed E-state index contributed by atoms with van der Waals surface area (Å²) in [5.74, 6) is 0.142. The summed E-state index contributed by atoms with van der Waals surface area (Å²) >= 11 is 0. The summed E-state index contributed by atoms with van der Waals surface area (Å²) in [5, 5.41) is 0. The molecule has 0 unspecified atom stereocenters. The minimum absolute atomic E-state index is 0.142. The molecule has 0 bridgehead atoms. The van der Waals surface area contributed by atoms with Crippen molar-refractivity contribution < 1.29 is 4.79 Å². The van der Waals surface area contributed by atoms with Crippen LogP contribution in [0.4, 0.5) is 0 Å². The molecular formula is C8H11NO. The van der Waals surface area contributed by atoms with E-state index >= 15 is 0 Å². The second-order valence-electron chi connectivity index (χ2n) is 2.64. The van der Waals surface area contributed by atoms with Gasteiger partial charge in [0.25, 0.3) is 0 Å². The number of rotatable bonds is 0. The monoisotopic (exact) mass is 137 g/mol. The van der Waals surface area contributed by atoms with E-state index in [2.05, 4.69) is 0 Å². The van der Waals surface area contributed by atoms with Crippen molar-refractivity contribution in [2.24, 2.45) is 5.73 Å². The molecule has 0 aliphatic heterocycles. The molecular weight excluding hydrogens is 126 g/mol. The van der Waals surface area contributed by atoms with Gasteiger partial charge in [0.1, 0.15) is 0 Å². The molecule has 2 heteroatoms. The molecule has 10 heavy (non-hydrogen) atoms. The number of hydrogen-bond acceptors (Lipinski definition) is 2. The van der Waals surface area contributed by atoms with E-state index in [0.29, 0.717) is 12.1 Å². The Kier molecular flexibility index (Phi) is 1.62. The predicted molar refractivity (Wildman–Crippen MR) is 40.3 cm³/mol. The average Bonchev–Trinajstić information content (AvgIpc) is 1.84. The molecule has 54 valence electrons. The largest absolute Gasteiger partial charge is 0.401 e. The minimum Gasteiger partial charge on any atom is -0.401 e. The third-order valence-electron chi connectivity index (χ3n) is 1.73. The van der Waals surface area contributed by atoms with E-state index in [1.807, 2.05) is 19.9 Å². The highest BCUT2D eigenvalue weighted by Gasteiger charge is 2.12. The minimum atomic E-state index is 0.142. The van der Waals surface area contributed by atoms with Crippen LogP contribution in [0.15, 0.2) is 22.9 Å². The molecule has 0 spiro atoms. The molecule has 0 aromatic carbocycles. The quantitative estimate of drug-likeness (QED) is 0.544. The zero-order valence-corrected chi connectivity index (χ0v) is 6.27. The molecule has 1 aliphatic rings. The standard InChI is InChI=1S/C8H11NO/c1-5-3-6(2)8(10)4-7(5)9/h3H,4,9H2,1-2H3. The van der Waals surface area contributed by atoms with Crippen LogP contribution in [0, 0.1) is 0 Å². The van der Waals surface area contributed by atoms with Crippen molar-refractivity contribution in [2.75, 3.05) is 0 Å². The van der Waals surface area contributed by atoms with Crippen molar-refractivity contribution in [3.8, 4) is 0 Å². The van der Waals surface area contributed by atoms with Gasteiger partial charge in [0, 0.05) is 5.70 Å². The van der Waals surface area contributed by atoms with Gasteiger partial charge in [-0.3, -0.25) is 4.79 Å². The molecule has 0 fully saturated rings. The van der Waals surface area contributed by atoms with Gasteiger partial charge in [-0.1, -0.05) is 6.08 Å². The lowest BCUT2D eigenvalue weighted by Crippen LogP contribution is -2.13. The molecule has 2 N–H and O–H groups in total. The summed E-state index contributed by atoms with van der Waals surface area (Å²) in [6, 6.07) is 0. The molecule has 1 rings (SSSR count). The number of hydrogen-bond donors (Lipinski definition) is 1. The van der Waals surface area contributed by atoms with Gasteiger partial charge in [-0.15, -0.1) is 0 Å². The van der Waals surface area contributed by atoms with E-state index in [-0.39, 0.29) is 5.78 Å². The Morgan fingerprint density at radius 3 is 2.60 bits per heavy atom. The van der Waals surface area contributed by atoms with E-state index in [4.69, 9.17) is 5.73 Å². The smallest absolute Gasteiger partial charge is 0.164 e. The Balaban J connectivity index is 2.99. The van der Waals surface area contributed by atoms with Crippen LogP contribution in [0.2, 0.25) is 0 Å². The van der Waals surface area contributed by atoms with Crippen LogP contribution >= 0.6 is 0 Å². The van der Waals surface area contributed by atoms with Crippen molar-refractivity contribution in [1.29, 1.82) is 0 Å². The van der Waals surface area contributed by atoms with Crippen LogP contribution in [0.1, 0.15) is 20.3 Å². The number of allylic oxidation sites excluding steroid dienone is 4. The van der Waals surface area contributed by atoms with Crippen LogP contribution in [0.5, 0.6) is 0 Å². The molecule has 0 heterocycles. The van der Waals surface area contributed by atoms with Gasteiger partial charge in [0.15, 0.2) is 5.78 Å². The highest BCUT2D eigenvalue weighted by atomic mass is 16.1. The van der Waals surface area contributed by atoms with E-state index in [9.17, 15) is 4.79 Å². The first-order valence-corrected chi connectivity index (χ1v) is 3.28. The van der Waals surface area contributed by atoms with Gasteiger partial charge in [0.05, 0.1) is 6.42 Å². The lowest BCUT2D eigenvalue weighted by atomic mass is 9.98. The third-order valence-corrected chi connectivity index (χ3v) is 1.73. The topological polar surface area (TPSA) is 43.1 Å². The Morgan fingerprint density at radius 2 is 2.10 bits per heavy atom. The Labute approximate surface area is 60.4 Å². The van der Waals surface area contributed by atoms with Crippen molar-refractivity contribution in [2.45, 2.75) is 20.3 Å². The first kappa shape index (κ1) is 7.06. The second kappa shape index (κ2) is 2.29. The van der Waals surface area contributed by atoms with Gasteiger partial charge >= 0.3 is 0 Å². The van der Waals surface area contributed by atoms with Gasteiger partial charge in [0.2, 0.25) is 0 Å². The van der Waals surface area contributed by atoms with Crippen LogP contribution in [0.25, 0.3) is 0 Å². The van der Waals surface area contributed by atoms with Crippen LogP contribution in [0.3, 0.4) is 0 Å². The number of Topliss-reactive ketones (excluding diaryl/α,β-unsaturated/α-hetero) is 1. The van der Waals surface area contributed by atoms with Crippen molar-refractivity contribution in [3.63, 3.8) is 0 Å². The fraction of sp³-hybridized carbons (Fsp3) is 0.375. The maximum atomic E-state index is 11.0. The Bertz CT molecular complexity index is 236. The maximum absolute atomic E-state index is 11.0. The Hall–Kier alpha value is -1.05. The molecule has 0 amide bonds. The average molecular weight is 137 g/mol. The molecule has 0 saturated carbocycles. The fourth-order valence-electron chi connectivity index (χ4n) is 0.950. The number of ketones is 1. The zero-order valence-electron chi connectivity index (χ0n) is 6.27. The molecule has 0 aromatic rings. The first-order valence-electron chi connectivity index (χ1n) is 3.28. The molecule has 1 aliphatic carbocycles. The van der Waals surface area contributed by atoms with Crippen LogP contribution < -0.4 is 5.73 Å². The van der Waals surface area contributed by atoms with E-state index in [0.717, 1.165) is 11.1 Å². The van der Waals surface area contributed by atoms with E-state index < -0.39 is 0 Å². The second-order valence-corrected chi connectivity index (χ2v) is 2.64. The van der Waals surface area contributed by atoms with Gasteiger partial charge < -0.3 is 5.73 Å². The molecule has 0 aromatic heterocycles. The van der Waals surface area contributed by atoms with E-state index in [1.165, 1.54) is 0 Å². The highest BCUT2D eigenvalue weighted by molar-refractivity contribution is 5.98. The summed E-state index contributed by atoms with van der Waals surface area (Å²) in [6.45, 7) is 3.74. The summed E-state index contributed by atoms with van der Waals surface area (Å²) < 4.78 is 0. The summed E-state index contributed by atoms with van der Waals surface area (Å²) in [4.78, 5) is 11.0. The molecule has 2 nitrogen and oxygen atoms in total. The Morgan fingerprint density at radius 1 is 1.50 bits per heavy atom. The summed E-state index contributed by atoms with van der Waals surface area (Å²) in [6.07, 6.45) is 2.23. The van der Waals surface area contributed by atoms with Crippen molar-refractivity contribution in [1.82, 2.24) is 0 Å². The van der Waals surface area contributed by atoms with Gasteiger partial charge in [-0.25, -0.2) is 0 Å². The van der Waals surface area contributed by atoms with Crippen molar-refractivity contribution in [3.05, 3.63) is 22.9 Å². The summed E-state index contributed by atoms with van der Waals surface area (Å²) in [5.41, 5.74) is 8.09. The molecule has 0 saturated heterocycles. The number of nitrogens with two attached hydrogens (primary N) is 1. The van der Waals surface area contributed by atoms with Gasteiger partial charge in [-0.05, 0) is 25.0 Å². The van der Waals surface area contributed by atoms with Crippen molar-refractivity contribution >= 4 is 5.78 Å². The van der Waals surface area contributed by atoms with Crippen LogP contribution in [-0.2, 0) is 4.79 Å². The molecule has 0 radical (unpaired) electrons.